The van der Waals surface area contributed by atoms with Crippen molar-refractivity contribution in [2.24, 2.45) is 5.92 Å². The number of hydrogen-bond donors (Lipinski definition) is 2. The van der Waals surface area contributed by atoms with Crippen LogP contribution < -0.4 is 10.6 Å². The highest BCUT2D eigenvalue weighted by atomic mass is 16.2. The van der Waals surface area contributed by atoms with Crippen LogP contribution in [0.1, 0.15) is 19.3 Å². The highest BCUT2D eigenvalue weighted by molar-refractivity contribution is 5.80. The molecular weight excluding hydrogens is 190 g/mol. The summed E-state index contributed by atoms with van der Waals surface area (Å²) in [5, 5.41) is 6.37. The second kappa shape index (κ2) is 3.76. The summed E-state index contributed by atoms with van der Waals surface area (Å²) in [4.78, 5) is 14.3. The summed E-state index contributed by atoms with van der Waals surface area (Å²) in [6.45, 7) is 4.15. The average Bonchev–Trinajstić information content (AvgIpc) is 2.66. The highest BCUT2D eigenvalue weighted by Crippen LogP contribution is 2.28. The Morgan fingerprint density at radius 2 is 2.13 bits per heavy atom. The van der Waals surface area contributed by atoms with Gasteiger partial charge >= 0.3 is 0 Å². The van der Waals surface area contributed by atoms with Crippen LogP contribution in [0.25, 0.3) is 0 Å². The first-order valence-electron chi connectivity index (χ1n) is 6.10. The number of carbonyl (C=O) groups is 1. The fraction of sp³-hybridized carbons (Fsp3) is 0.909. The first-order valence-corrected chi connectivity index (χ1v) is 6.10. The van der Waals surface area contributed by atoms with E-state index in [1.807, 2.05) is 0 Å². The quantitative estimate of drug-likeness (QED) is 0.648. The van der Waals surface area contributed by atoms with Gasteiger partial charge in [0.25, 0.3) is 0 Å². The molecule has 0 aliphatic carbocycles. The molecule has 2 unspecified atom stereocenters. The van der Waals surface area contributed by atoms with Gasteiger partial charge < -0.3 is 10.6 Å². The summed E-state index contributed by atoms with van der Waals surface area (Å²) in [5.74, 6) is 0.507. The molecule has 3 saturated heterocycles. The molecule has 2 N–H and O–H groups in total. The molecular formula is C11H19N3O. The molecule has 0 aromatic rings. The van der Waals surface area contributed by atoms with Gasteiger partial charge in [0.15, 0.2) is 0 Å². The molecule has 2 atom stereocenters. The van der Waals surface area contributed by atoms with Gasteiger partial charge in [-0.2, -0.15) is 0 Å². The number of nitrogens with zero attached hydrogens (tertiary/aromatic N) is 1. The number of carbonyl (C=O) groups excluding carboxylic acids is 1. The van der Waals surface area contributed by atoms with Crippen LogP contribution in [0.5, 0.6) is 0 Å². The number of rotatable bonds is 2. The fourth-order valence-electron chi connectivity index (χ4n) is 3.03. The Kier molecular flexibility index (Phi) is 2.41. The van der Waals surface area contributed by atoms with Crippen molar-refractivity contribution in [3.63, 3.8) is 0 Å². The van der Waals surface area contributed by atoms with E-state index in [1.165, 1.54) is 25.9 Å². The predicted molar refractivity (Wildman–Crippen MR) is 57.5 cm³/mol. The molecule has 0 spiro atoms. The van der Waals surface area contributed by atoms with Gasteiger partial charge in [-0.3, -0.25) is 9.69 Å². The van der Waals surface area contributed by atoms with Crippen molar-refractivity contribution in [2.45, 2.75) is 31.3 Å². The molecule has 15 heavy (non-hydrogen) atoms. The van der Waals surface area contributed by atoms with Gasteiger partial charge in [-0.15, -0.1) is 0 Å². The molecule has 1 amide bonds. The van der Waals surface area contributed by atoms with Gasteiger partial charge in [-0.05, 0) is 25.8 Å². The summed E-state index contributed by atoms with van der Waals surface area (Å²) in [7, 11) is 0. The number of fused-ring (bicyclic) bond motifs is 1. The lowest BCUT2D eigenvalue weighted by atomic mass is 10.0. The van der Waals surface area contributed by atoms with Crippen LogP contribution in [0.15, 0.2) is 0 Å². The Morgan fingerprint density at radius 3 is 2.87 bits per heavy atom. The van der Waals surface area contributed by atoms with E-state index in [-0.39, 0.29) is 11.8 Å². The third-order valence-corrected chi connectivity index (χ3v) is 4.09. The highest BCUT2D eigenvalue weighted by Gasteiger charge is 2.39. The topological polar surface area (TPSA) is 44.4 Å². The van der Waals surface area contributed by atoms with Crippen LogP contribution >= 0.6 is 0 Å². The average molecular weight is 209 g/mol. The molecule has 0 saturated carbocycles. The third-order valence-electron chi connectivity index (χ3n) is 4.09. The lowest BCUT2D eigenvalue weighted by molar-refractivity contribution is -0.127. The Balaban J connectivity index is 1.56. The van der Waals surface area contributed by atoms with E-state index in [9.17, 15) is 4.79 Å². The van der Waals surface area contributed by atoms with Crippen LogP contribution in [0.4, 0.5) is 0 Å². The lowest BCUT2D eigenvalue weighted by Gasteiger charge is -2.29. The van der Waals surface area contributed by atoms with Crippen LogP contribution in [0, 0.1) is 5.92 Å². The van der Waals surface area contributed by atoms with Gasteiger partial charge in [0.1, 0.15) is 0 Å². The van der Waals surface area contributed by atoms with Crippen LogP contribution in [-0.4, -0.2) is 49.1 Å². The Bertz CT molecular complexity index is 265. The normalized spacial score (nSPS) is 36.3. The van der Waals surface area contributed by atoms with E-state index in [0.717, 1.165) is 19.5 Å². The van der Waals surface area contributed by atoms with Crippen LogP contribution in [0.2, 0.25) is 0 Å². The van der Waals surface area contributed by atoms with E-state index in [4.69, 9.17) is 0 Å². The van der Waals surface area contributed by atoms with Gasteiger partial charge in [-0.25, -0.2) is 0 Å². The van der Waals surface area contributed by atoms with Gasteiger partial charge in [0.05, 0.1) is 5.92 Å². The number of hydrogen-bond acceptors (Lipinski definition) is 3. The van der Waals surface area contributed by atoms with E-state index in [1.54, 1.807) is 0 Å². The lowest BCUT2D eigenvalue weighted by Crippen LogP contribution is -2.54. The summed E-state index contributed by atoms with van der Waals surface area (Å²) in [6.07, 6.45) is 3.73. The minimum absolute atomic E-state index is 0.237. The predicted octanol–water partition coefficient (Wildman–Crippen LogP) is -0.441. The Labute approximate surface area is 90.4 Å². The molecule has 3 aliphatic heterocycles. The van der Waals surface area contributed by atoms with E-state index in [2.05, 4.69) is 15.5 Å². The van der Waals surface area contributed by atoms with E-state index in [0.29, 0.717) is 12.1 Å². The summed E-state index contributed by atoms with van der Waals surface area (Å²) in [6, 6.07) is 1.07. The molecule has 4 heteroatoms. The molecule has 0 radical (unpaired) electrons. The molecule has 3 aliphatic rings. The van der Waals surface area contributed by atoms with Gasteiger partial charge in [-0.1, -0.05) is 0 Å². The third kappa shape index (κ3) is 1.66. The van der Waals surface area contributed by atoms with Crippen LogP contribution in [0.3, 0.4) is 0 Å². The summed E-state index contributed by atoms with van der Waals surface area (Å²) >= 11 is 0. The van der Waals surface area contributed by atoms with E-state index < -0.39 is 0 Å². The van der Waals surface area contributed by atoms with Crippen molar-refractivity contribution in [2.75, 3.05) is 26.2 Å². The molecule has 84 valence electrons. The number of amides is 1. The molecule has 0 aromatic carbocycles. The van der Waals surface area contributed by atoms with Crippen LogP contribution in [-0.2, 0) is 4.79 Å². The van der Waals surface area contributed by atoms with Gasteiger partial charge in [0, 0.05) is 31.7 Å². The smallest absolute Gasteiger partial charge is 0.225 e. The zero-order valence-electron chi connectivity index (χ0n) is 9.04. The molecule has 3 heterocycles. The number of nitrogens with one attached hydrogen (secondary N) is 2. The maximum atomic E-state index is 11.8. The molecule has 0 aromatic heterocycles. The molecule has 4 nitrogen and oxygen atoms in total. The Hall–Kier alpha value is -0.610. The maximum Gasteiger partial charge on any atom is 0.225 e. The zero-order valence-corrected chi connectivity index (χ0v) is 9.04. The maximum absolute atomic E-state index is 11.8. The monoisotopic (exact) mass is 209 g/mol. The minimum atomic E-state index is 0.237. The molecule has 0 bridgehead atoms. The van der Waals surface area contributed by atoms with Crippen molar-refractivity contribution in [1.29, 1.82) is 0 Å². The second-order valence-corrected chi connectivity index (χ2v) is 5.00. The van der Waals surface area contributed by atoms with Crippen molar-refractivity contribution in [3.05, 3.63) is 0 Å². The summed E-state index contributed by atoms with van der Waals surface area (Å²) < 4.78 is 0. The molecule has 3 fully saturated rings. The summed E-state index contributed by atoms with van der Waals surface area (Å²) in [5.41, 5.74) is 0. The van der Waals surface area contributed by atoms with Crippen molar-refractivity contribution >= 4 is 5.91 Å². The largest absolute Gasteiger partial charge is 0.351 e. The first kappa shape index (κ1) is 9.60. The fourth-order valence-corrected chi connectivity index (χ4v) is 3.03. The van der Waals surface area contributed by atoms with E-state index >= 15 is 0 Å². The zero-order chi connectivity index (χ0) is 10.3. The minimum Gasteiger partial charge on any atom is -0.351 e. The molecule has 3 rings (SSSR count). The first-order chi connectivity index (χ1) is 7.34. The van der Waals surface area contributed by atoms with Gasteiger partial charge in [0.2, 0.25) is 5.91 Å². The SMILES string of the molecule is O=C(NC1CCN2CCCC12)C1CNC1. The van der Waals surface area contributed by atoms with Crippen molar-refractivity contribution in [1.82, 2.24) is 15.5 Å². The second-order valence-electron chi connectivity index (χ2n) is 5.00. The van der Waals surface area contributed by atoms with Crippen molar-refractivity contribution in [3.8, 4) is 0 Å². The van der Waals surface area contributed by atoms with Crippen molar-refractivity contribution < 1.29 is 4.79 Å². The Morgan fingerprint density at radius 1 is 1.27 bits per heavy atom. The standard InChI is InChI=1S/C11H19N3O/c15-11(8-6-12-7-8)13-9-3-5-14-4-1-2-10(9)14/h8-10,12H,1-7H2,(H,13,15).